The van der Waals surface area contributed by atoms with E-state index < -0.39 is 0 Å². The third-order valence-corrected chi connectivity index (χ3v) is 3.69. The number of nitrogens with one attached hydrogen (secondary N) is 2. The fraction of sp³-hybridized carbons (Fsp3) is 0.923. The van der Waals surface area contributed by atoms with Gasteiger partial charge in [0.25, 0.3) is 0 Å². The number of aliphatic hydroxyl groups excluding tert-OH is 1. The van der Waals surface area contributed by atoms with Crippen molar-refractivity contribution in [1.82, 2.24) is 15.5 Å². The number of aliphatic imine (C=N–C) groups is 1. The summed E-state index contributed by atoms with van der Waals surface area (Å²) in [6, 6.07) is 2.00. The van der Waals surface area contributed by atoms with Gasteiger partial charge in [-0.05, 0) is 33.1 Å². The first-order valence-electron chi connectivity index (χ1n) is 7.16. The van der Waals surface area contributed by atoms with Crippen molar-refractivity contribution >= 4 is 29.9 Å². The van der Waals surface area contributed by atoms with Crippen molar-refractivity contribution in [3.63, 3.8) is 0 Å². The fourth-order valence-electron chi connectivity index (χ4n) is 2.75. The van der Waals surface area contributed by atoms with Gasteiger partial charge in [0.2, 0.25) is 0 Å². The van der Waals surface area contributed by atoms with Crippen molar-refractivity contribution in [2.45, 2.75) is 51.2 Å². The van der Waals surface area contributed by atoms with Crippen LogP contribution >= 0.6 is 24.0 Å². The van der Waals surface area contributed by atoms with Crippen molar-refractivity contribution in [3.05, 3.63) is 0 Å². The van der Waals surface area contributed by atoms with Gasteiger partial charge in [0.1, 0.15) is 0 Å². The van der Waals surface area contributed by atoms with E-state index >= 15 is 0 Å². The number of hydrogen-bond acceptors (Lipinski definition) is 3. The second-order valence-corrected chi connectivity index (χ2v) is 5.34. The molecule has 0 amide bonds. The Morgan fingerprint density at radius 3 is 2.74 bits per heavy atom. The number of hydrogen-bond donors (Lipinski definition) is 3. The molecule has 0 aromatic heterocycles. The van der Waals surface area contributed by atoms with Gasteiger partial charge in [-0.2, -0.15) is 0 Å². The molecule has 2 atom stereocenters. The minimum absolute atomic E-state index is 0. The maximum Gasteiger partial charge on any atom is 0.191 e. The first kappa shape index (κ1) is 17.0. The van der Waals surface area contributed by atoms with E-state index in [1.54, 1.807) is 0 Å². The quantitative estimate of drug-likeness (QED) is 0.374. The SMILES string of the molecule is CCNC(=NCCO)NC1CC(C)N(C2CC2)C1.I. The van der Waals surface area contributed by atoms with Crippen LogP contribution < -0.4 is 10.6 Å². The van der Waals surface area contributed by atoms with Crippen LogP contribution in [0.15, 0.2) is 4.99 Å². The average Bonchev–Trinajstić information content (AvgIpc) is 3.12. The molecule has 3 N–H and O–H groups in total. The molecule has 1 saturated heterocycles. The van der Waals surface area contributed by atoms with E-state index in [9.17, 15) is 0 Å². The van der Waals surface area contributed by atoms with Crippen molar-refractivity contribution in [2.75, 3.05) is 26.2 Å². The Bertz CT molecular complexity index is 296. The summed E-state index contributed by atoms with van der Waals surface area (Å²) >= 11 is 0. The van der Waals surface area contributed by atoms with Crippen LogP contribution in [0.1, 0.15) is 33.1 Å². The standard InChI is InChI=1S/C13H26N4O.HI/c1-3-14-13(15-6-7-18)16-11-8-10(2)17(9-11)12-4-5-12;/h10-12,18H,3-9H2,1-2H3,(H2,14,15,16);1H. The maximum absolute atomic E-state index is 8.84. The largest absolute Gasteiger partial charge is 0.394 e. The maximum atomic E-state index is 8.84. The molecule has 2 aliphatic rings. The zero-order valence-corrected chi connectivity index (χ0v) is 14.3. The van der Waals surface area contributed by atoms with Crippen LogP contribution in [0.2, 0.25) is 0 Å². The zero-order chi connectivity index (χ0) is 13.0. The molecule has 0 aromatic carbocycles. The zero-order valence-electron chi connectivity index (χ0n) is 11.9. The lowest BCUT2D eigenvalue weighted by atomic mass is 10.2. The monoisotopic (exact) mass is 382 g/mol. The molecule has 0 bridgehead atoms. The molecule has 2 unspecified atom stereocenters. The lowest BCUT2D eigenvalue weighted by Gasteiger charge is -2.20. The number of halogens is 1. The van der Waals surface area contributed by atoms with Gasteiger partial charge >= 0.3 is 0 Å². The van der Waals surface area contributed by atoms with Gasteiger partial charge in [-0.25, -0.2) is 0 Å². The highest BCUT2D eigenvalue weighted by Gasteiger charge is 2.38. The van der Waals surface area contributed by atoms with Crippen molar-refractivity contribution in [3.8, 4) is 0 Å². The normalized spacial score (nSPS) is 28.1. The summed E-state index contributed by atoms with van der Waals surface area (Å²) in [6.07, 6.45) is 3.92. The van der Waals surface area contributed by atoms with Crippen LogP contribution in [-0.2, 0) is 0 Å². The van der Waals surface area contributed by atoms with Gasteiger partial charge in [0, 0.05) is 31.2 Å². The molecule has 6 heteroatoms. The first-order chi connectivity index (χ1) is 8.74. The van der Waals surface area contributed by atoms with E-state index in [0.29, 0.717) is 18.6 Å². The van der Waals surface area contributed by atoms with Crippen LogP contribution in [-0.4, -0.2) is 60.3 Å². The number of nitrogens with zero attached hydrogens (tertiary/aromatic N) is 2. The van der Waals surface area contributed by atoms with Crippen molar-refractivity contribution < 1.29 is 5.11 Å². The van der Waals surface area contributed by atoms with Crippen LogP contribution in [0.25, 0.3) is 0 Å². The highest BCUT2D eigenvalue weighted by atomic mass is 127. The smallest absolute Gasteiger partial charge is 0.191 e. The molecule has 0 aromatic rings. The Balaban J connectivity index is 0.00000180. The van der Waals surface area contributed by atoms with Crippen LogP contribution in [0.5, 0.6) is 0 Å². The summed E-state index contributed by atoms with van der Waals surface area (Å²) in [6.45, 7) is 6.92. The molecule has 1 saturated carbocycles. The number of guanidine groups is 1. The van der Waals surface area contributed by atoms with Gasteiger partial charge in [-0.1, -0.05) is 0 Å². The molecule has 0 spiro atoms. The van der Waals surface area contributed by atoms with E-state index in [-0.39, 0.29) is 30.6 Å². The molecular weight excluding hydrogens is 355 g/mol. The van der Waals surface area contributed by atoms with E-state index in [2.05, 4.69) is 34.4 Å². The Morgan fingerprint density at radius 2 is 2.16 bits per heavy atom. The molecule has 2 fully saturated rings. The summed E-state index contributed by atoms with van der Waals surface area (Å²) in [5.74, 6) is 0.835. The second-order valence-electron chi connectivity index (χ2n) is 5.34. The summed E-state index contributed by atoms with van der Waals surface area (Å²) < 4.78 is 0. The molecule has 2 rings (SSSR count). The Labute approximate surface area is 133 Å². The molecule has 5 nitrogen and oxygen atoms in total. The van der Waals surface area contributed by atoms with E-state index in [1.807, 2.05) is 0 Å². The topological polar surface area (TPSA) is 59.9 Å². The van der Waals surface area contributed by atoms with Crippen molar-refractivity contribution in [2.24, 2.45) is 4.99 Å². The first-order valence-corrected chi connectivity index (χ1v) is 7.16. The van der Waals surface area contributed by atoms with Crippen LogP contribution in [0.4, 0.5) is 0 Å². The average molecular weight is 382 g/mol. The lowest BCUT2D eigenvalue weighted by Crippen LogP contribution is -2.44. The fourth-order valence-corrected chi connectivity index (χ4v) is 2.75. The van der Waals surface area contributed by atoms with Gasteiger partial charge in [0.05, 0.1) is 13.2 Å². The molecule has 19 heavy (non-hydrogen) atoms. The summed E-state index contributed by atoms with van der Waals surface area (Å²) in [4.78, 5) is 6.95. The molecule has 1 aliphatic carbocycles. The molecule has 0 radical (unpaired) electrons. The van der Waals surface area contributed by atoms with Crippen LogP contribution in [0, 0.1) is 0 Å². The van der Waals surface area contributed by atoms with E-state index in [4.69, 9.17) is 5.11 Å². The highest BCUT2D eigenvalue weighted by Crippen LogP contribution is 2.33. The van der Waals surface area contributed by atoms with Crippen LogP contribution in [0.3, 0.4) is 0 Å². The number of likely N-dealkylation sites (tertiary alicyclic amines) is 1. The molecule has 1 aliphatic heterocycles. The van der Waals surface area contributed by atoms with Gasteiger partial charge in [-0.15, -0.1) is 24.0 Å². The third-order valence-electron chi connectivity index (χ3n) is 3.69. The minimum atomic E-state index is 0. The summed E-state index contributed by atoms with van der Waals surface area (Å²) in [7, 11) is 0. The van der Waals surface area contributed by atoms with E-state index in [0.717, 1.165) is 25.1 Å². The van der Waals surface area contributed by atoms with E-state index in [1.165, 1.54) is 19.3 Å². The Kier molecular flexibility index (Phi) is 7.38. The lowest BCUT2D eigenvalue weighted by molar-refractivity contribution is 0.256. The molecular formula is C13H27IN4O. The summed E-state index contributed by atoms with van der Waals surface area (Å²) in [5.41, 5.74) is 0. The van der Waals surface area contributed by atoms with Gasteiger partial charge in [-0.3, -0.25) is 9.89 Å². The van der Waals surface area contributed by atoms with Gasteiger partial charge in [0.15, 0.2) is 5.96 Å². The van der Waals surface area contributed by atoms with Crippen molar-refractivity contribution in [1.29, 1.82) is 0 Å². The molecule has 1 heterocycles. The Morgan fingerprint density at radius 1 is 1.42 bits per heavy atom. The highest BCUT2D eigenvalue weighted by molar-refractivity contribution is 14.0. The Hall–Kier alpha value is -0.0800. The predicted molar refractivity (Wildman–Crippen MR) is 89.2 cm³/mol. The minimum Gasteiger partial charge on any atom is -0.394 e. The predicted octanol–water partition coefficient (Wildman–Crippen LogP) is 0.777. The third kappa shape index (κ3) is 5.07. The number of rotatable bonds is 5. The van der Waals surface area contributed by atoms with Gasteiger partial charge < -0.3 is 15.7 Å². The summed E-state index contributed by atoms with van der Waals surface area (Å²) in [5, 5.41) is 15.5. The number of aliphatic hydroxyl groups is 1. The molecule has 112 valence electrons. The second kappa shape index (κ2) is 8.26.